The molecule has 0 spiro atoms. The van der Waals surface area contributed by atoms with Crippen LogP contribution in [0, 0.1) is 12.8 Å². The summed E-state index contributed by atoms with van der Waals surface area (Å²) in [6, 6.07) is 9.67. The molecule has 0 bridgehead atoms. The third-order valence-electron chi connectivity index (χ3n) is 4.03. The van der Waals surface area contributed by atoms with Crippen molar-refractivity contribution in [3.05, 3.63) is 41.7 Å². The maximum absolute atomic E-state index is 12.1. The van der Waals surface area contributed by atoms with Crippen LogP contribution in [0.1, 0.15) is 29.0 Å². The number of carbonyl (C=O) groups is 1. The normalized spacial score (nSPS) is 17.3. The average Bonchev–Trinajstić information content (AvgIpc) is 3.04. The topological polar surface area (TPSA) is 67.2 Å². The molecule has 2 heterocycles. The van der Waals surface area contributed by atoms with Crippen molar-refractivity contribution in [3.8, 4) is 11.3 Å². The predicted molar refractivity (Wildman–Crippen MR) is 91.9 cm³/mol. The SMILES string of the molecule is Cc1ccc(-c2cc(C(=O)NCC3CCCNC3)on2)cc1.Cl. The van der Waals surface area contributed by atoms with E-state index in [9.17, 15) is 4.79 Å². The van der Waals surface area contributed by atoms with Crippen LogP contribution < -0.4 is 10.6 Å². The second-order valence-electron chi connectivity index (χ2n) is 5.86. The van der Waals surface area contributed by atoms with Gasteiger partial charge in [0.1, 0.15) is 5.69 Å². The van der Waals surface area contributed by atoms with Gasteiger partial charge < -0.3 is 15.2 Å². The summed E-state index contributed by atoms with van der Waals surface area (Å²) < 4.78 is 5.17. The first-order chi connectivity index (χ1) is 10.7. The molecule has 0 saturated carbocycles. The van der Waals surface area contributed by atoms with Crippen molar-refractivity contribution in [2.45, 2.75) is 19.8 Å². The number of nitrogens with one attached hydrogen (secondary N) is 2. The second kappa shape index (κ2) is 8.13. The molecular formula is C17H22ClN3O2. The predicted octanol–water partition coefficient (Wildman–Crippen LogP) is 2.80. The summed E-state index contributed by atoms with van der Waals surface area (Å²) in [4.78, 5) is 12.1. The Morgan fingerprint density at radius 3 is 2.87 bits per heavy atom. The highest BCUT2D eigenvalue weighted by molar-refractivity contribution is 5.92. The lowest BCUT2D eigenvalue weighted by molar-refractivity contribution is 0.0908. The smallest absolute Gasteiger partial charge is 0.289 e. The van der Waals surface area contributed by atoms with Gasteiger partial charge in [0.2, 0.25) is 5.76 Å². The van der Waals surface area contributed by atoms with Crippen LogP contribution in [0.4, 0.5) is 0 Å². The van der Waals surface area contributed by atoms with Crippen LogP contribution in [0.15, 0.2) is 34.9 Å². The minimum atomic E-state index is -0.198. The van der Waals surface area contributed by atoms with Crippen LogP contribution in [0.2, 0.25) is 0 Å². The van der Waals surface area contributed by atoms with E-state index in [4.69, 9.17) is 4.52 Å². The van der Waals surface area contributed by atoms with Gasteiger partial charge in [-0.3, -0.25) is 4.79 Å². The number of piperidine rings is 1. The summed E-state index contributed by atoms with van der Waals surface area (Å²) in [5, 5.41) is 10.3. The average molecular weight is 336 g/mol. The van der Waals surface area contributed by atoms with E-state index in [1.165, 1.54) is 12.0 Å². The number of benzene rings is 1. The first kappa shape index (κ1) is 17.5. The van der Waals surface area contributed by atoms with Crippen LogP contribution in [-0.2, 0) is 0 Å². The van der Waals surface area contributed by atoms with Gasteiger partial charge in [-0.05, 0) is 38.8 Å². The summed E-state index contributed by atoms with van der Waals surface area (Å²) in [5.41, 5.74) is 2.82. The van der Waals surface area contributed by atoms with Crippen molar-refractivity contribution < 1.29 is 9.32 Å². The zero-order chi connectivity index (χ0) is 15.4. The maximum Gasteiger partial charge on any atom is 0.289 e. The largest absolute Gasteiger partial charge is 0.350 e. The van der Waals surface area contributed by atoms with E-state index in [2.05, 4.69) is 15.8 Å². The van der Waals surface area contributed by atoms with Crippen molar-refractivity contribution in [1.29, 1.82) is 0 Å². The number of halogens is 1. The Labute approximate surface area is 142 Å². The van der Waals surface area contributed by atoms with E-state index >= 15 is 0 Å². The zero-order valence-electron chi connectivity index (χ0n) is 13.2. The molecule has 0 aliphatic carbocycles. The zero-order valence-corrected chi connectivity index (χ0v) is 14.0. The molecule has 1 amide bonds. The Morgan fingerprint density at radius 2 is 2.17 bits per heavy atom. The molecule has 2 N–H and O–H groups in total. The minimum absolute atomic E-state index is 0. The van der Waals surface area contributed by atoms with E-state index in [0.717, 1.165) is 25.1 Å². The van der Waals surface area contributed by atoms with Crippen LogP contribution in [0.3, 0.4) is 0 Å². The fourth-order valence-corrected chi connectivity index (χ4v) is 2.66. The molecule has 23 heavy (non-hydrogen) atoms. The summed E-state index contributed by atoms with van der Waals surface area (Å²) in [5.74, 6) is 0.563. The van der Waals surface area contributed by atoms with Gasteiger partial charge in [0.25, 0.3) is 5.91 Å². The first-order valence-electron chi connectivity index (χ1n) is 7.75. The van der Waals surface area contributed by atoms with E-state index < -0.39 is 0 Å². The molecule has 1 aromatic carbocycles. The monoisotopic (exact) mass is 335 g/mol. The molecule has 1 fully saturated rings. The van der Waals surface area contributed by atoms with Crippen LogP contribution >= 0.6 is 12.4 Å². The standard InChI is InChI=1S/C17H21N3O2.ClH/c1-12-4-6-14(7-5-12)15-9-16(22-20-15)17(21)19-11-13-3-2-8-18-10-13;/h4-7,9,13,18H,2-3,8,10-11H2,1H3,(H,19,21);1H. The lowest BCUT2D eigenvalue weighted by atomic mass is 10.00. The van der Waals surface area contributed by atoms with Gasteiger partial charge in [-0.1, -0.05) is 35.0 Å². The van der Waals surface area contributed by atoms with Gasteiger partial charge in [-0.25, -0.2) is 0 Å². The highest BCUT2D eigenvalue weighted by Crippen LogP contribution is 2.19. The number of carbonyl (C=O) groups excluding carboxylic acids is 1. The number of amides is 1. The third kappa shape index (κ3) is 4.56. The van der Waals surface area contributed by atoms with Gasteiger partial charge >= 0.3 is 0 Å². The third-order valence-corrected chi connectivity index (χ3v) is 4.03. The number of aromatic nitrogens is 1. The van der Waals surface area contributed by atoms with Gasteiger partial charge in [-0.2, -0.15) is 0 Å². The van der Waals surface area contributed by atoms with Gasteiger partial charge in [0.15, 0.2) is 0 Å². The molecule has 1 saturated heterocycles. The molecule has 1 aliphatic rings. The van der Waals surface area contributed by atoms with E-state index in [1.54, 1.807) is 6.07 Å². The van der Waals surface area contributed by atoms with Crippen molar-refractivity contribution >= 4 is 18.3 Å². The number of rotatable bonds is 4. The van der Waals surface area contributed by atoms with Gasteiger partial charge in [-0.15, -0.1) is 12.4 Å². The molecule has 1 atom stereocenters. The molecule has 1 aliphatic heterocycles. The van der Waals surface area contributed by atoms with Crippen molar-refractivity contribution in [3.63, 3.8) is 0 Å². The lowest BCUT2D eigenvalue weighted by Crippen LogP contribution is -2.38. The summed E-state index contributed by atoms with van der Waals surface area (Å²) in [6.45, 7) is 4.75. The fourth-order valence-electron chi connectivity index (χ4n) is 2.66. The number of nitrogens with zero attached hydrogens (tertiary/aromatic N) is 1. The van der Waals surface area contributed by atoms with Crippen LogP contribution in [0.5, 0.6) is 0 Å². The van der Waals surface area contributed by atoms with Gasteiger partial charge in [0.05, 0.1) is 0 Å². The van der Waals surface area contributed by atoms with Crippen LogP contribution in [0.25, 0.3) is 11.3 Å². The molecule has 0 radical (unpaired) electrons. The molecule has 3 rings (SSSR count). The molecule has 1 unspecified atom stereocenters. The second-order valence-corrected chi connectivity index (χ2v) is 5.86. The number of hydrogen-bond donors (Lipinski definition) is 2. The number of aryl methyl sites for hydroxylation is 1. The molecular weight excluding hydrogens is 314 g/mol. The Kier molecular flexibility index (Phi) is 6.19. The molecule has 2 aromatic rings. The van der Waals surface area contributed by atoms with Crippen molar-refractivity contribution in [2.24, 2.45) is 5.92 Å². The molecule has 6 heteroatoms. The Bertz CT molecular complexity index is 634. The Hall–Kier alpha value is -1.85. The summed E-state index contributed by atoms with van der Waals surface area (Å²) in [6.07, 6.45) is 2.32. The van der Waals surface area contributed by atoms with Crippen molar-refractivity contribution in [2.75, 3.05) is 19.6 Å². The van der Waals surface area contributed by atoms with Gasteiger partial charge in [0, 0.05) is 18.2 Å². The van der Waals surface area contributed by atoms with E-state index in [0.29, 0.717) is 18.2 Å². The highest BCUT2D eigenvalue weighted by Gasteiger charge is 2.17. The quantitative estimate of drug-likeness (QED) is 0.901. The van der Waals surface area contributed by atoms with E-state index in [1.807, 2.05) is 31.2 Å². The minimum Gasteiger partial charge on any atom is -0.350 e. The summed E-state index contributed by atoms with van der Waals surface area (Å²) >= 11 is 0. The molecule has 5 nitrogen and oxygen atoms in total. The Balaban J connectivity index is 0.00000192. The Morgan fingerprint density at radius 1 is 1.39 bits per heavy atom. The maximum atomic E-state index is 12.1. The van der Waals surface area contributed by atoms with E-state index in [-0.39, 0.29) is 24.1 Å². The first-order valence-corrected chi connectivity index (χ1v) is 7.75. The van der Waals surface area contributed by atoms with Crippen LogP contribution in [-0.4, -0.2) is 30.7 Å². The fraction of sp³-hybridized carbons (Fsp3) is 0.412. The highest BCUT2D eigenvalue weighted by atomic mass is 35.5. The lowest BCUT2D eigenvalue weighted by Gasteiger charge is -2.22. The number of hydrogen-bond acceptors (Lipinski definition) is 4. The molecule has 1 aromatic heterocycles. The van der Waals surface area contributed by atoms with Crippen molar-refractivity contribution in [1.82, 2.24) is 15.8 Å². The molecule has 124 valence electrons. The summed E-state index contributed by atoms with van der Waals surface area (Å²) in [7, 11) is 0.